The van der Waals surface area contributed by atoms with Crippen molar-refractivity contribution in [3.8, 4) is 11.5 Å². The van der Waals surface area contributed by atoms with Gasteiger partial charge in [-0.25, -0.2) is 0 Å². The topological polar surface area (TPSA) is 80.1 Å². The molecule has 33 heavy (non-hydrogen) atoms. The Morgan fingerprint density at radius 3 is 2.39 bits per heavy atom. The molecule has 1 aliphatic rings. The maximum absolute atomic E-state index is 11.6. The first-order valence-electron chi connectivity index (χ1n) is 11.2. The number of carbonyl (C=O) groups excluding carboxylic acids is 1. The molecule has 1 heterocycles. The number of methoxy groups -OCH3 is 1. The summed E-state index contributed by atoms with van der Waals surface area (Å²) in [7, 11) is 3.70. The molecule has 0 aliphatic carbocycles. The Balaban J connectivity index is 1.88. The number of aromatic hydroxyl groups is 1. The van der Waals surface area contributed by atoms with Crippen molar-refractivity contribution < 1.29 is 14.6 Å². The fourth-order valence-corrected chi connectivity index (χ4v) is 4.07. The number of benzene rings is 2. The molecule has 0 amide bonds. The molecule has 3 rings (SSSR count). The monoisotopic (exact) mass is 450 g/mol. The lowest BCUT2D eigenvalue weighted by Crippen LogP contribution is -2.43. The van der Waals surface area contributed by atoms with Gasteiger partial charge in [0.2, 0.25) is 0 Å². The number of aldehydes is 1. The van der Waals surface area contributed by atoms with E-state index in [9.17, 15) is 9.90 Å². The van der Waals surface area contributed by atoms with Gasteiger partial charge in [-0.15, -0.1) is 0 Å². The minimum absolute atomic E-state index is 0.0170. The zero-order valence-electron chi connectivity index (χ0n) is 20.0. The molecule has 1 aliphatic heterocycles. The molecule has 2 aromatic carbocycles. The van der Waals surface area contributed by atoms with Crippen molar-refractivity contribution >= 4 is 23.5 Å². The van der Waals surface area contributed by atoms with Gasteiger partial charge in [-0.2, -0.15) is 0 Å². The van der Waals surface area contributed by atoms with Crippen LogP contribution in [0.25, 0.3) is 5.70 Å². The standard InChI is InChI=1S/C26H34N4O3/c1-18(2)22-14-23(24(32)15-25(22)33-5)19(3)30(26(27)17-31)21-8-6-20(7-9-21)16-29-12-10-28(4)11-13-29/h6-9,14-15,17-18,27,32H,3,10-13,16H2,1-2,4-5H3. The van der Waals surface area contributed by atoms with Crippen LogP contribution in [0.4, 0.5) is 5.69 Å². The number of carbonyl (C=O) groups is 1. The average Bonchev–Trinajstić information content (AvgIpc) is 2.81. The van der Waals surface area contributed by atoms with Crippen LogP contribution >= 0.6 is 0 Å². The van der Waals surface area contributed by atoms with Gasteiger partial charge >= 0.3 is 0 Å². The highest BCUT2D eigenvalue weighted by molar-refractivity contribution is 6.35. The van der Waals surface area contributed by atoms with Gasteiger partial charge in [0.15, 0.2) is 12.1 Å². The van der Waals surface area contributed by atoms with Crippen molar-refractivity contribution in [3.05, 3.63) is 59.7 Å². The smallest absolute Gasteiger partial charge is 0.185 e. The van der Waals surface area contributed by atoms with E-state index in [1.54, 1.807) is 13.2 Å². The molecule has 0 saturated carbocycles. The SMILES string of the molecule is C=C(c1cc(C(C)C)c(OC)cc1O)N(C(=N)C=O)c1ccc(CN2CCN(C)CC2)cc1. The van der Waals surface area contributed by atoms with E-state index in [2.05, 4.69) is 23.4 Å². The Kier molecular flexibility index (Phi) is 7.89. The van der Waals surface area contributed by atoms with E-state index in [1.807, 2.05) is 44.2 Å². The summed E-state index contributed by atoms with van der Waals surface area (Å²) in [5.74, 6) is 0.467. The van der Waals surface area contributed by atoms with Crippen molar-refractivity contribution in [2.24, 2.45) is 0 Å². The fraction of sp³-hybridized carbons (Fsp3) is 0.385. The zero-order chi connectivity index (χ0) is 24.1. The molecule has 7 heteroatoms. The first kappa shape index (κ1) is 24.5. The van der Waals surface area contributed by atoms with Crippen LogP contribution in [0.3, 0.4) is 0 Å². The highest BCUT2D eigenvalue weighted by atomic mass is 16.5. The lowest BCUT2D eigenvalue weighted by molar-refractivity contribution is -0.102. The van der Waals surface area contributed by atoms with E-state index in [0.29, 0.717) is 29.0 Å². The molecule has 0 radical (unpaired) electrons. The number of piperazine rings is 1. The fourth-order valence-electron chi connectivity index (χ4n) is 4.07. The van der Waals surface area contributed by atoms with E-state index in [0.717, 1.165) is 38.3 Å². The summed E-state index contributed by atoms with van der Waals surface area (Å²) in [6.45, 7) is 13.2. The Bertz CT molecular complexity index is 1010. The molecule has 0 atom stereocenters. The molecule has 7 nitrogen and oxygen atoms in total. The largest absolute Gasteiger partial charge is 0.507 e. The number of phenolic OH excluding ortho intramolecular Hbond substituents is 1. The maximum Gasteiger partial charge on any atom is 0.185 e. The highest BCUT2D eigenvalue weighted by Gasteiger charge is 2.22. The lowest BCUT2D eigenvalue weighted by Gasteiger charge is -2.32. The number of hydrogen-bond acceptors (Lipinski definition) is 6. The summed E-state index contributed by atoms with van der Waals surface area (Å²) < 4.78 is 5.41. The molecule has 2 N–H and O–H groups in total. The second-order valence-corrected chi connectivity index (χ2v) is 8.80. The summed E-state index contributed by atoms with van der Waals surface area (Å²) in [5, 5.41) is 18.9. The van der Waals surface area contributed by atoms with Crippen molar-refractivity contribution in [1.82, 2.24) is 9.80 Å². The Morgan fingerprint density at radius 1 is 1.21 bits per heavy atom. The number of rotatable bonds is 8. The number of nitrogens with one attached hydrogen (secondary N) is 1. The molecule has 176 valence electrons. The molecular formula is C26H34N4O3. The van der Waals surface area contributed by atoms with Gasteiger partial charge in [0.1, 0.15) is 11.5 Å². The second kappa shape index (κ2) is 10.6. The molecule has 0 spiro atoms. The normalized spacial score (nSPS) is 14.8. The number of phenols is 1. The van der Waals surface area contributed by atoms with Crippen LogP contribution in [0.2, 0.25) is 0 Å². The number of amidine groups is 1. The third kappa shape index (κ3) is 5.61. The Morgan fingerprint density at radius 2 is 1.85 bits per heavy atom. The van der Waals surface area contributed by atoms with Crippen molar-refractivity contribution in [1.29, 1.82) is 5.41 Å². The predicted molar refractivity (Wildman–Crippen MR) is 133 cm³/mol. The van der Waals surface area contributed by atoms with Crippen molar-refractivity contribution in [2.45, 2.75) is 26.3 Å². The van der Waals surface area contributed by atoms with Crippen LogP contribution in [0.1, 0.15) is 36.5 Å². The van der Waals surface area contributed by atoms with Gasteiger partial charge in [0.25, 0.3) is 0 Å². The average molecular weight is 451 g/mol. The first-order chi connectivity index (χ1) is 15.7. The van der Waals surface area contributed by atoms with Crippen molar-refractivity contribution in [2.75, 3.05) is 45.2 Å². The van der Waals surface area contributed by atoms with E-state index < -0.39 is 0 Å². The molecular weight excluding hydrogens is 416 g/mol. The third-order valence-corrected chi connectivity index (χ3v) is 6.10. The number of likely N-dealkylation sites (N-methyl/N-ethyl adjacent to an activating group) is 1. The van der Waals surface area contributed by atoms with Gasteiger partial charge in [-0.05, 0) is 42.3 Å². The summed E-state index contributed by atoms with van der Waals surface area (Å²) >= 11 is 0. The van der Waals surface area contributed by atoms with Gasteiger partial charge in [-0.1, -0.05) is 32.6 Å². The number of nitrogens with zero attached hydrogens (tertiary/aromatic N) is 3. The van der Waals surface area contributed by atoms with Crippen LogP contribution in [0.15, 0.2) is 43.0 Å². The predicted octanol–water partition coefficient (Wildman–Crippen LogP) is 3.93. The van der Waals surface area contributed by atoms with Crippen molar-refractivity contribution in [3.63, 3.8) is 0 Å². The summed E-state index contributed by atoms with van der Waals surface area (Å²) in [6.07, 6.45) is 0.479. The van der Waals surface area contributed by atoms with E-state index in [-0.39, 0.29) is 17.5 Å². The van der Waals surface area contributed by atoms with Gasteiger partial charge < -0.3 is 14.7 Å². The Hall–Kier alpha value is -3.16. The molecule has 2 aromatic rings. The number of hydrogen-bond donors (Lipinski definition) is 2. The summed E-state index contributed by atoms with van der Waals surface area (Å²) in [6, 6.07) is 11.2. The van der Waals surface area contributed by atoms with E-state index in [4.69, 9.17) is 10.1 Å². The van der Waals surface area contributed by atoms with Crippen LogP contribution in [-0.4, -0.2) is 67.4 Å². The minimum atomic E-state index is -0.256. The first-order valence-corrected chi connectivity index (χ1v) is 11.2. The third-order valence-electron chi connectivity index (χ3n) is 6.10. The van der Waals surface area contributed by atoms with Gasteiger partial charge in [-0.3, -0.25) is 20.0 Å². The lowest BCUT2D eigenvalue weighted by atomic mass is 9.97. The summed E-state index contributed by atoms with van der Waals surface area (Å²) in [5.41, 5.74) is 3.52. The van der Waals surface area contributed by atoms with Crippen LogP contribution < -0.4 is 9.64 Å². The second-order valence-electron chi connectivity index (χ2n) is 8.80. The van der Waals surface area contributed by atoms with E-state index in [1.165, 1.54) is 10.5 Å². The maximum atomic E-state index is 11.6. The van der Waals surface area contributed by atoms with Gasteiger partial charge in [0, 0.05) is 50.0 Å². The molecule has 0 unspecified atom stereocenters. The van der Waals surface area contributed by atoms with Crippen LogP contribution in [-0.2, 0) is 11.3 Å². The zero-order valence-corrected chi connectivity index (χ0v) is 20.0. The van der Waals surface area contributed by atoms with E-state index >= 15 is 0 Å². The molecule has 0 bridgehead atoms. The molecule has 1 saturated heterocycles. The van der Waals surface area contributed by atoms with Gasteiger partial charge in [0.05, 0.1) is 12.8 Å². The minimum Gasteiger partial charge on any atom is -0.507 e. The quantitative estimate of drug-likeness (QED) is 0.360. The number of anilines is 1. The molecule has 1 fully saturated rings. The number of ether oxygens (including phenoxy) is 1. The highest BCUT2D eigenvalue weighted by Crippen LogP contribution is 2.38. The molecule has 0 aromatic heterocycles. The van der Waals surface area contributed by atoms with Crippen LogP contribution in [0.5, 0.6) is 11.5 Å². The Labute approximate surface area is 196 Å². The van der Waals surface area contributed by atoms with Crippen LogP contribution in [0, 0.1) is 5.41 Å². The summed E-state index contributed by atoms with van der Waals surface area (Å²) in [4.78, 5) is 17.8.